The summed E-state index contributed by atoms with van der Waals surface area (Å²) >= 11 is 11.7. The van der Waals surface area contributed by atoms with Crippen LogP contribution in [0.1, 0.15) is 6.92 Å². The van der Waals surface area contributed by atoms with E-state index in [1.807, 2.05) is 6.92 Å². The van der Waals surface area contributed by atoms with Crippen molar-refractivity contribution in [1.82, 2.24) is 0 Å². The van der Waals surface area contributed by atoms with Gasteiger partial charge < -0.3 is 10.4 Å². The van der Waals surface area contributed by atoms with Crippen LogP contribution in [0.15, 0.2) is 18.2 Å². The van der Waals surface area contributed by atoms with E-state index < -0.39 is 0 Å². The standard InChI is InChI=1S/C10H13Cl2NO/c1-7(6-14)5-13-10-3-8(11)2-9(12)4-10/h2-4,7,13-14H,5-6H2,1H3. The first kappa shape index (κ1) is 11.6. The Morgan fingerprint density at radius 1 is 1.29 bits per heavy atom. The monoisotopic (exact) mass is 233 g/mol. The van der Waals surface area contributed by atoms with Gasteiger partial charge in [0, 0.05) is 28.9 Å². The second-order valence-electron chi connectivity index (χ2n) is 3.33. The quantitative estimate of drug-likeness (QED) is 0.839. The molecule has 0 heterocycles. The lowest BCUT2D eigenvalue weighted by molar-refractivity contribution is 0.244. The zero-order valence-electron chi connectivity index (χ0n) is 7.93. The zero-order chi connectivity index (χ0) is 10.6. The molecule has 1 aromatic carbocycles. The molecule has 2 nitrogen and oxygen atoms in total. The first-order valence-electron chi connectivity index (χ1n) is 4.42. The molecular formula is C10H13Cl2NO. The van der Waals surface area contributed by atoms with Gasteiger partial charge in [0.05, 0.1) is 0 Å². The average Bonchev–Trinajstić information content (AvgIpc) is 2.12. The molecule has 0 aromatic heterocycles. The number of hydrogen-bond donors (Lipinski definition) is 2. The van der Waals surface area contributed by atoms with Crippen LogP contribution in [-0.4, -0.2) is 18.3 Å². The topological polar surface area (TPSA) is 32.3 Å². The van der Waals surface area contributed by atoms with Gasteiger partial charge in [-0.3, -0.25) is 0 Å². The van der Waals surface area contributed by atoms with Crippen LogP contribution in [-0.2, 0) is 0 Å². The number of aliphatic hydroxyl groups is 1. The SMILES string of the molecule is CC(CO)CNc1cc(Cl)cc(Cl)c1. The molecular weight excluding hydrogens is 221 g/mol. The molecule has 1 atom stereocenters. The molecule has 1 aromatic rings. The predicted octanol–water partition coefficient (Wildman–Crippen LogP) is 3.03. The fraction of sp³-hybridized carbons (Fsp3) is 0.400. The molecule has 1 unspecified atom stereocenters. The minimum Gasteiger partial charge on any atom is -0.396 e. The maximum atomic E-state index is 8.83. The van der Waals surface area contributed by atoms with Gasteiger partial charge in [0.15, 0.2) is 0 Å². The third kappa shape index (κ3) is 3.74. The Hall–Kier alpha value is -0.440. The van der Waals surface area contributed by atoms with Crippen molar-refractivity contribution in [2.24, 2.45) is 5.92 Å². The van der Waals surface area contributed by atoms with Crippen molar-refractivity contribution in [1.29, 1.82) is 0 Å². The van der Waals surface area contributed by atoms with Gasteiger partial charge >= 0.3 is 0 Å². The van der Waals surface area contributed by atoms with E-state index in [1.54, 1.807) is 18.2 Å². The van der Waals surface area contributed by atoms with Gasteiger partial charge in [-0.05, 0) is 24.1 Å². The number of halogens is 2. The summed E-state index contributed by atoms with van der Waals surface area (Å²) in [6, 6.07) is 5.29. The van der Waals surface area contributed by atoms with E-state index in [1.165, 1.54) is 0 Å². The molecule has 0 aliphatic rings. The van der Waals surface area contributed by atoms with Crippen molar-refractivity contribution in [3.8, 4) is 0 Å². The van der Waals surface area contributed by atoms with E-state index in [0.717, 1.165) is 5.69 Å². The van der Waals surface area contributed by atoms with Crippen molar-refractivity contribution in [3.63, 3.8) is 0 Å². The van der Waals surface area contributed by atoms with Crippen molar-refractivity contribution >= 4 is 28.9 Å². The second-order valence-corrected chi connectivity index (χ2v) is 4.20. The summed E-state index contributed by atoms with van der Waals surface area (Å²) in [7, 11) is 0. The highest BCUT2D eigenvalue weighted by atomic mass is 35.5. The molecule has 0 spiro atoms. The van der Waals surface area contributed by atoms with Crippen LogP contribution in [0.2, 0.25) is 10.0 Å². The van der Waals surface area contributed by atoms with Crippen molar-refractivity contribution < 1.29 is 5.11 Å². The molecule has 0 saturated heterocycles. The normalized spacial score (nSPS) is 12.6. The lowest BCUT2D eigenvalue weighted by Gasteiger charge is -2.11. The Kier molecular flexibility index (Phi) is 4.52. The summed E-state index contributed by atoms with van der Waals surface area (Å²) in [5.74, 6) is 0.216. The largest absolute Gasteiger partial charge is 0.396 e. The minimum absolute atomic E-state index is 0.168. The predicted molar refractivity (Wildman–Crippen MR) is 61.2 cm³/mol. The molecule has 0 amide bonds. The Morgan fingerprint density at radius 2 is 1.86 bits per heavy atom. The van der Waals surface area contributed by atoms with Gasteiger partial charge in [-0.2, -0.15) is 0 Å². The highest BCUT2D eigenvalue weighted by molar-refractivity contribution is 6.35. The van der Waals surface area contributed by atoms with Crippen LogP contribution in [0.5, 0.6) is 0 Å². The van der Waals surface area contributed by atoms with Crippen LogP contribution in [0.4, 0.5) is 5.69 Å². The van der Waals surface area contributed by atoms with Crippen molar-refractivity contribution in [2.75, 3.05) is 18.5 Å². The van der Waals surface area contributed by atoms with Crippen LogP contribution < -0.4 is 5.32 Å². The third-order valence-electron chi connectivity index (χ3n) is 1.83. The maximum absolute atomic E-state index is 8.83. The number of benzene rings is 1. The number of rotatable bonds is 4. The van der Waals surface area contributed by atoms with Gasteiger partial charge in [0.2, 0.25) is 0 Å². The summed E-state index contributed by atoms with van der Waals surface area (Å²) in [5, 5.41) is 13.2. The molecule has 0 aliphatic carbocycles. The van der Waals surface area contributed by atoms with Gasteiger partial charge in [-0.15, -0.1) is 0 Å². The summed E-state index contributed by atoms with van der Waals surface area (Å²) in [5.41, 5.74) is 0.878. The van der Waals surface area contributed by atoms with Gasteiger partial charge in [0.1, 0.15) is 0 Å². The van der Waals surface area contributed by atoms with Gasteiger partial charge in [-0.1, -0.05) is 30.1 Å². The fourth-order valence-electron chi connectivity index (χ4n) is 1.01. The van der Waals surface area contributed by atoms with Gasteiger partial charge in [-0.25, -0.2) is 0 Å². The number of anilines is 1. The van der Waals surface area contributed by atoms with Crippen molar-refractivity contribution in [2.45, 2.75) is 6.92 Å². The van der Waals surface area contributed by atoms with E-state index >= 15 is 0 Å². The molecule has 14 heavy (non-hydrogen) atoms. The smallest absolute Gasteiger partial charge is 0.0473 e. The first-order chi connectivity index (χ1) is 6.61. The molecule has 0 bridgehead atoms. The molecule has 2 N–H and O–H groups in total. The van der Waals surface area contributed by atoms with E-state index in [-0.39, 0.29) is 12.5 Å². The summed E-state index contributed by atoms with van der Waals surface area (Å²) in [6.45, 7) is 2.83. The third-order valence-corrected chi connectivity index (χ3v) is 2.27. The molecule has 4 heteroatoms. The molecule has 0 fully saturated rings. The highest BCUT2D eigenvalue weighted by Gasteiger charge is 2.01. The molecule has 0 saturated carbocycles. The van der Waals surface area contributed by atoms with E-state index in [9.17, 15) is 0 Å². The minimum atomic E-state index is 0.168. The number of aliphatic hydroxyl groups excluding tert-OH is 1. The fourth-order valence-corrected chi connectivity index (χ4v) is 1.54. The van der Waals surface area contributed by atoms with Crippen LogP contribution in [0, 0.1) is 5.92 Å². The Balaban J connectivity index is 2.58. The van der Waals surface area contributed by atoms with Crippen LogP contribution >= 0.6 is 23.2 Å². The second kappa shape index (κ2) is 5.44. The Morgan fingerprint density at radius 3 is 2.36 bits per heavy atom. The number of nitrogens with one attached hydrogen (secondary N) is 1. The summed E-state index contributed by atoms with van der Waals surface area (Å²) < 4.78 is 0. The average molecular weight is 234 g/mol. The molecule has 0 radical (unpaired) electrons. The molecule has 0 aliphatic heterocycles. The number of hydrogen-bond acceptors (Lipinski definition) is 2. The highest BCUT2D eigenvalue weighted by Crippen LogP contribution is 2.22. The van der Waals surface area contributed by atoms with Crippen LogP contribution in [0.3, 0.4) is 0 Å². The van der Waals surface area contributed by atoms with Crippen LogP contribution in [0.25, 0.3) is 0 Å². The maximum Gasteiger partial charge on any atom is 0.0473 e. The van der Waals surface area contributed by atoms with E-state index in [2.05, 4.69) is 5.32 Å². The van der Waals surface area contributed by atoms with E-state index in [4.69, 9.17) is 28.3 Å². The molecule has 78 valence electrons. The Bertz CT molecular complexity index is 284. The van der Waals surface area contributed by atoms with Crippen molar-refractivity contribution in [3.05, 3.63) is 28.2 Å². The summed E-state index contributed by atoms with van der Waals surface area (Å²) in [6.07, 6.45) is 0. The Labute approximate surface area is 93.8 Å². The van der Waals surface area contributed by atoms with E-state index in [0.29, 0.717) is 16.6 Å². The molecule has 1 rings (SSSR count). The lowest BCUT2D eigenvalue weighted by Crippen LogP contribution is -2.14. The zero-order valence-corrected chi connectivity index (χ0v) is 9.44. The van der Waals surface area contributed by atoms with Gasteiger partial charge in [0.25, 0.3) is 0 Å². The lowest BCUT2D eigenvalue weighted by atomic mass is 10.2. The first-order valence-corrected chi connectivity index (χ1v) is 5.18. The summed E-state index contributed by atoms with van der Waals surface area (Å²) in [4.78, 5) is 0.